The Balaban J connectivity index is 1.66. The van der Waals surface area contributed by atoms with E-state index < -0.39 is 5.82 Å². The molecule has 0 spiro atoms. The zero-order valence-corrected chi connectivity index (χ0v) is 17.6. The van der Waals surface area contributed by atoms with Gasteiger partial charge in [0, 0.05) is 13.2 Å². The molecule has 0 radical (unpaired) electrons. The van der Waals surface area contributed by atoms with Gasteiger partial charge in [0.25, 0.3) is 0 Å². The summed E-state index contributed by atoms with van der Waals surface area (Å²) in [7, 11) is 1.62. The van der Waals surface area contributed by atoms with Crippen LogP contribution < -0.4 is 10.1 Å². The van der Waals surface area contributed by atoms with Crippen LogP contribution in [-0.2, 0) is 16.1 Å². The van der Waals surface area contributed by atoms with Gasteiger partial charge >= 0.3 is 0 Å². The first-order valence-corrected chi connectivity index (χ1v) is 10.8. The number of carbonyl (C=O) groups excluding carboxylic acids is 1. The van der Waals surface area contributed by atoms with Crippen molar-refractivity contribution >= 4 is 17.7 Å². The summed E-state index contributed by atoms with van der Waals surface area (Å²) < 4.78 is 26.6. The first kappa shape index (κ1) is 21.6. The van der Waals surface area contributed by atoms with Crippen LogP contribution in [0.3, 0.4) is 0 Å². The highest BCUT2D eigenvalue weighted by Gasteiger charge is 2.21. The van der Waals surface area contributed by atoms with Crippen LogP contribution in [0.15, 0.2) is 29.4 Å². The lowest BCUT2D eigenvalue weighted by molar-refractivity contribution is -0.119. The number of hydrogen-bond donors (Lipinski definition) is 1. The minimum atomic E-state index is -0.429. The number of nitrogens with zero attached hydrogens (tertiary/aromatic N) is 3. The minimum absolute atomic E-state index is 0.00000113. The lowest BCUT2D eigenvalue weighted by Crippen LogP contribution is -2.33. The lowest BCUT2D eigenvalue weighted by atomic mass is 10.2. The van der Waals surface area contributed by atoms with E-state index in [1.807, 2.05) is 11.5 Å². The molecule has 1 aromatic carbocycles. The molecule has 0 aliphatic heterocycles. The molecule has 9 heteroatoms. The first-order valence-electron chi connectivity index (χ1n) is 9.80. The van der Waals surface area contributed by atoms with Crippen molar-refractivity contribution in [2.45, 2.75) is 56.5 Å². The summed E-state index contributed by atoms with van der Waals surface area (Å²) in [5.74, 6) is 0.549. The fourth-order valence-electron chi connectivity index (χ4n) is 3.44. The highest BCUT2D eigenvalue weighted by molar-refractivity contribution is 7.99. The summed E-state index contributed by atoms with van der Waals surface area (Å²) in [4.78, 5) is 12.3. The summed E-state index contributed by atoms with van der Waals surface area (Å²) in [5, 5.41) is 12.1. The van der Waals surface area contributed by atoms with Crippen molar-refractivity contribution in [2.24, 2.45) is 0 Å². The quantitative estimate of drug-likeness (QED) is 0.592. The Morgan fingerprint density at radius 2 is 2.10 bits per heavy atom. The van der Waals surface area contributed by atoms with Gasteiger partial charge in [-0.2, -0.15) is 0 Å². The Kier molecular flexibility index (Phi) is 7.88. The molecule has 3 rings (SSSR count). The SMILES string of the molecule is COC[C@@H](C)n1c(COc2ccccc2F)nnc1SCC(=O)NC1CCCC1. The number of aromatic nitrogens is 3. The number of hydrogen-bond acceptors (Lipinski definition) is 6. The number of para-hydroxylation sites is 1. The van der Waals surface area contributed by atoms with Crippen molar-refractivity contribution in [2.75, 3.05) is 19.5 Å². The molecule has 0 saturated heterocycles. The van der Waals surface area contributed by atoms with Crippen LogP contribution in [0.4, 0.5) is 4.39 Å². The first-order chi connectivity index (χ1) is 14.1. The number of thioether (sulfide) groups is 1. The normalized spacial score (nSPS) is 15.4. The number of nitrogens with one attached hydrogen (secondary N) is 1. The Morgan fingerprint density at radius 1 is 1.34 bits per heavy atom. The molecule has 1 N–H and O–H groups in total. The Bertz CT molecular complexity index is 811. The molecule has 1 aliphatic carbocycles. The maximum atomic E-state index is 13.8. The van der Waals surface area contributed by atoms with E-state index in [1.165, 1.54) is 30.7 Å². The molecule has 1 heterocycles. The van der Waals surface area contributed by atoms with Gasteiger partial charge in [-0.05, 0) is 31.9 Å². The number of amides is 1. The summed E-state index contributed by atoms with van der Waals surface area (Å²) in [6, 6.07) is 6.46. The minimum Gasteiger partial charge on any atom is -0.483 e. The van der Waals surface area contributed by atoms with Crippen LogP contribution >= 0.6 is 11.8 Å². The Morgan fingerprint density at radius 3 is 2.83 bits per heavy atom. The highest BCUT2D eigenvalue weighted by atomic mass is 32.2. The number of benzene rings is 1. The van der Waals surface area contributed by atoms with Gasteiger partial charge < -0.3 is 14.8 Å². The zero-order valence-electron chi connectivity index (χ0n) is 16.8. The summed E-state index contributed by atoms with van der Waals surface area (Å²) in [5.41, 5.74) is 0. The van der Waals surface area contributed by atoms with Gasteiger partial charge in [0.2, 0.25) is 5.91 Å². The van der Waals surface area contributed by atoms with Gasteiger partial charge in [-0.1, -0.05) is 36.7 Å². The van der Waals surface area contributed by atoms with Crippen LogP contribution in [0.5, 0.6) is 5.75 Å². The molecule has 2 aromatic rings. The molecule has 1 aliphatic rings. The largest absolute Gasteiger partial charge is 0.483 e. The standard InChI is InChI=1S/C20H27FN4O3S/c1-14(11-27-2)25-18(12-28-17-10-6-5-9-16(17)21)23-24-20(25)29-13-19(26)22-15-7-3-4-8-15/h5-6,9-10,14-15H,3-4,7-8,11-13H2,1-2H3,(H,22,26)/t14-/m1/s1. The maximum absolute atomic E-state index is 13.8. The van der Waals surface area contributed by atoms with Crippen molar-refractivity contribution in [1.29, 1.82) is 0 Å². The predicted molar refractivity (Wildman–Crippen MR) is 108 cm³/mol. The van der Waals surface area contributed by atoms with E-state index in [4.69, 9.17) is 9.47 Å². The predicted octanol–water partition coefficient (Wildman–Crippen LogP) is 3.35. The van der Waals surface area contributed by atoms with Crippen LogP contribution in [0.2, 0.25) is 0 Å². The van der Waals surface area contributed by atoms with Crippen molar-refractivity contribution in [3.05, 3.63) is 35.9 Å². The summed E-state index contributed by atoms with van der Waals surface area (Å²) >= 11 is 1.33. The van der Waals surface area contributed by atoms with E-state index >= 15 is 0 Å². The van der Waals surface area contributed by atoms with Crippen molar-refractivity contribution < 1.29 is 18.7 Å². The van der Waals surface area contributed by atoms with Crippen molar-refractivity contribution in [3.63, 3.8) is 0 Å². The van der Waals surface area contributed by atoms with Crippen LogP contribution in [0, 0.1) is 5.82 Å². The van der Waals surface area contributed by atoms with Crippen LogP contribution in [0.25, 0.3) is 0 Å². The number of methoxy groups -OCH3 is 1. The molecule has 1 fully saturated rings. The zero-order chi connectivity index (χ0) is 20.6. The molecule has 29 heavy (non-hydrogen) atoms. The summed E-state index contributed by atoms with van der Waals surface area (Å²) in [6.45, 7) is 2.49. The number of ether oxygens (including phenoxy) is 2. The molecule has 1 amide bonds. The molecular formula is C20H27FN4O3S. The fourth-order valence-corrected chi connectivity index (χ4v) is 4.30. The van der Waals surface area contributed by atoms with Crippen molar-refractivity contribution in [1.82, 2.24) is 20.1 Å². The van der Waals surface area contributed by atoms with Gasteiger partial charge in [0.15, 0.2) is 22.5 Å². The third kappa shape index (κ3) is 5.93. The van der Waals surface area contributed by atoms with Gasteiger partial charge in [-0.3, -0.25) is 9.36 Å². The number of rotatable bonds is 10. The van der Waals surface area contributed by atoms with Crippen LogP contribution in [-0.4, -0.2) is 46.2 Å². The number of halogens is 1. The molecule has 7 nitrogen and oxygen atoms in total. The van der Waals surface area contributed by atoms with E-state index in [2.05, 4.69) is 15.5 Å². The van der Waals surface area contributed by atoms with E-state index in [0.717, 1.165) is 12.8 Å². The van der Waals surface area contributed by atoms with Gasteiger partial charge in [0.1, 0.15) is 6.61 Å². The van der Waals surface area contributed by atoms with E-state index in [-0.39, 0.29) is 36.1 Å². The van der Waals surface area contributed by atoms with Crippen LogP contribution in [0.1, 0.15) is 44.5 Å². The molecule has 1 aromatic heterocycles. The second-order valence-electron chi connectivity index (χ2n) is 7.13. The van der Waals surface area contributed by atoms with E-state index in [1.54, 1.807) is 25.3 Å². The molecule has 0 unspecified atom stereocenters. The molecule has 158 valence electrons. The lowest BCUT2D eigenvalue weighted by Gasteiger charge is -2.18. The highest BCUT2D eigenvalue weighted by Crippen LogP contribution is 2.24. The Hall–Kier alpha value is -2.13. The molecule has 1 saturated carbocycles. The second kappa shape index (κ2) is 10.6. The maximum Gasteiger partial charge on any atom is 0.230 e. The molecular weight excluding hydrogens is 395 g/mol. The van der Waals surface area contributed by atoms with Gasteiger partial charge in [-0.25, -0.2) is 4.39 Å². The second-order valence-corrected chi connectivity index (χ2v) is 8.07. The van der Waals surface area contributed by atoms with E-state index in [0.29, 0.717) is 17.6 Å². The number of carbonyl (C=O) groups is 1. The third-order valence-corrected chi connectivity index (χ3v) is 5.77. The average molecular weight is 423 g/mol. The fraction of sp³-hybridized carbons (Fsp3) is 0.550. The third-order valence-electron chi connectivity index (χ3n) is 4.83. The molecule has 0 bridgehead atoms. The average Bonchev–Trinajstić information content (AvgIpc) is 3.35. The molecule has 1 atom stereocenters. The summed E-state index contributed by atoms with van der Waals surface area (Å²) in [6.07, 6.45) is 4.45. The van der Waals surface area contributed by atoms with Gasteiger partial charge in [0.05, 0.1) is 18.4 Å². The smallest absolute Gasteiger partial charge is 0.230 e. The topological polar surface area (TPSA) is 78.3 Å². The van der Waals surface area contributed by atoms with Crippen molar-refractivity contribution in [3.8, 4) is 5.75 Å². The van der Waals surface area contributed by atoms with Gasteiger partial charge in [-0.15, -0.1) is 10.2 Å². The van der Waals surface area contributed by atoms with E-state index in [9.17, 15) is 9.18 Å². The Labute approximate surface area is 174 Å². The monoisotopic (exact) mass is 422 g/mol.